The number of benzene rings is 2. The average Bonchev–Trinajstić information content (AvgIpc) is 3.48. The van der Waals surface area contributed by atoms with Crippen LogP contribution in [0.2, 0.25) is 0 Å². The van der Waals surface area contributed by atoms with Crippen LogP contribution in [0.1, 0.15) is 32.2 Å². The highest BCUT2D eigenvalue weighted by Gasteiger charge is 2.14. The number of furan rings is 1. The molecule has 0 radical (unpaired) electrons. The number of carbonyl (C=O) groups excluding carboxylic acids is 2. The molecule has 2 aromatic heterocycles. The van der Waals surface area contributed by atoms with Gasteiger partial charge in [-0.15, -0.1) is 5.10 Å². The minimum absolute atomic E-state index is 0.115. The van der Waals surface area contributed by atoms with E-state index in [1.165, 1.54) is 7.11 Å². The first-order chi connectivity index (χ1) is 15.6. The molecular formula is C23H20N4O5. The van der Waals surface area contributed by atoms with Gasteiger partial charge in [0.2, 0.25) is 5.95 Å². The van der Waals surface area contributed by atoms with Gasteiger partial charge in [0.1, 0.15) is 24.4 Å². The van der Waals surface area contributed by atoms with Crippen LogP contribution >= 0.6 is 0 Å². The minimum atomic E-state index is -0.462. The van der Waals surface area contributed by atoms with E-state index in [4.69, 9.17) is 9.15 Å². The van der Waals surface area contributed by atoms with E-state index in [2.05, 4.69) is 20.1 Å². The van der Waals surface area contributed by atoms with Crippen molar-refractivity contribution in [3.8, 4) is 5.75 Å². The van der Waals surface area contributed by atoms with E-state index in [-0.39, 0.29) is 18.3 Å². The predicted molar refractivity (Wildman–Crippen MR) is 114 cm³/mol. The normalized spacial score (nSPS) is 10.5. The standard InChI is InChI=1S/C23H20N4O5/c1-30-22(29)17-7-9-18(10-8-17)31-14-19-11-12-20(32-19)21(28)25-23-24-15-27(26-23)13-16-5-3-2-4-6-16/h2-12,15H,13-14H2,1H3,(H,25,26,28). The molecule has 1 N–H and O–H groups in total. The Labute approximate surface area is 183 Å². The number of nitrogens with one attached hydrogen (secondary N) is 1. The second-order valence-corrected chi connectivity index (χ2v) is 6.78. The number of methoxy groups -OCH3 is 1. The number of rotatable bonds is 8. The molecule has 0 spiro atoms. The van der Waals surface area contributed by atoms with Crippen molar-refractivity contribution in [1.29, 1.82) is 0 Å². The Balaban J connectivity index is 1.30. The van der Waals surface area contributed by atoms with Gasteiger partial charge in [-0.3, -0.25) is 10.1 Å². The molecule has 0 fully saturated rings. The first-order valence-corrected chi connectivity index (χ1v) is 9.75. The largest absolute Gasteiger partial charge is 0.486 e. The molecular weight excluding hydrogens is 412 g/mol. The van der Waals surface area contributed by atoms with Crippen molar-refractivity contribution in [1.82, 2.24) is 14.8 Å². The van der Waals surface area contributed by atoms with Crippen molar-refractivity contribution in [2.45, 2.75) is 13.2 Å². The van der Waals surface area contributed by atoms with Gasteiger partial charge in [0.05, 0.1) is 19.2 Å². The molecule has 0 atom stereocenters. The maximum Gasteiger partial charge on any atom is 0.337 e. The van der Waals surface area contributed by atoms with Crippen LogP contribution in [0.4, 0.5) is 5.95 Å². The quantitative estimate of drug-likeness (QED) is 0.424. The zero-order valence-electron chi connectivity index (χ0n) is 17.2. The van der Waals surface area contributed by atoms with Crippen LogP contribution in [-0.4, -0.2) is 33.8 Å². The molecule has 0 aliphatic rings. The highest BCUT2D eigenvalue weighted by atomic mass is 16.5. The Bertz CT molecular complexity index is 1200. The summed E-state index contributed by atoms with van der Waals surface area (Å²) >= 11 is 0. The second-order valence-electron chi connectivity index (χ2n) is 6.78. The highest BCUT2D eigenvalue weighted by Crippen LogP contribution is 2.16. The third-order valence-corrected chi connectivity index (χ3v) is 4.49. The lowest BCUT2D eigenvalue weighted by molar-refractivity contribution is 0.0600. The van der Waals surface area contributed by atoms with Crippen molar-refractivity contribution in [2.75, 3.05) is 12.4 Å². The molecule has 9 heteroatoms. The number of hydrogen-bond acceptors (Lipinski definition) is 7. The summed E-state index contributed by atoms with van der Waals surface area (Å²) in [5.41, 5.74) is 1.50. The first-order valence-electron chi connectivity index (χ1n) is 9.75. The molecule has 2 heterocycles. The monoisotopic (exact) mass is 432 g/mol. The summed E-state index contributed by atoms with van der Waals surface area (Å²) < 4.78 is 17.5. The number of nitrogens with zero attached hydrogens (tertiary/aromatic N) is 3. The van der Waals surface area contributed by atoms with Gasteiger partial charge in [0, 0.05) is 0 Å². The van der Waals surface area contributed by atoms with E-state index in [1.54, 1.807) is 47.4 Å². The molecule has 162 valence electrons. The summed E-state index contributed by atoms with van der Waals surface area (Å²) in [6.07, 6.45) is 1.55. The second kappa shape index (κ2) is 9.61. The molecule has 9 nitrogen and oxygen atoms in total. The van der Waals surface area contributed by atoms with Crippen LogP contribution in [0.25, 0.3) is 0 Å². The van der Waals surface area contributed by atoms with Crippen LogP contribution in [0.5, 0.6) is 5.75 Å². The van der Waals surface area contributed by atoms with Crippen molar-refractivity contribution in [3.63, 3.8) is 0 Å². The number of ether oxygens (including phenoxy) is 2. The van der Waals surface area contributed by atoms with Crippen LogP contribution in [-0.2, 0) is 17.9 Å². The topological polar surface area (TPSA) is 108 Å². The number of aromatic nitrogens is 3. The molecule has 32 heavy (non-hydrogen) atoms. The van der Waals surface area contributed by atoms with Crippen molar-refractivity contribution in [3.05, 3.63) is 95.7 Å². The minimum Gasteiger partial charge on any atom is -0.486 e. The Kier molecular flexibility index (Phi) is 6.26. The lowest BCUT2D eigenvalue weighted by Crippen LogP contribution is -2.12. The maximum atomic E-state index is 12.4. The van der Waals surface area contributed by atoms with E-state index in [9.17, 15) is 9.59 Å². The van der Waals surface area contributed by atoms with Crippen molar-refractivity contribution in [2.24, 2.45) is 0 Å². The van der Waals surface area contributed by atoms with Crippen molar-refractivity contribution < 1.29 is 23.5 Å². The van der Waals surface area contributed by atoms with Gasteiger partial charge >= 0.3 is 5.97 Å². The molecule has 0 aliphatic heterocycles. The van der Waals surface area contributed by atoms with Crippen LogP contribution < -0.4 is 10.1 Å². The fourth-order valence-corrected chi connectivity index (χ4v) is 2.90. The van der Waals surface area contributed by atoms with Gasteiger partial charge in [-0.1, -0.05) is 30.3 Å². The zero-order valence-corrected chi connectivity index (χ0v) is 17.2. The molecule has 2 aromatic carbocycles. The third-order valence-electron chi connectivity index (χ3n) is 4.49. The Hall–Kier alpha value is -4.40. The van der Waals surface area contributed by atoms with Crippen LogP contribution in [0.3, 0.4) is 0 Å². The summed E-state index contributed by atoms with van der Waals surface area (Å²) in [6.45, 7) is 0.668. The maximum absolute atomic E-state index is 12.4. The molecule has 0 saturated carbocycles. The summed E-state index contributed by atoms with van der Waals surface area (Å²) in [4.78, 5) is 28.0. The summed E-state index contributed by atoms with van der Waals surface area (Å²) in [7, 11) is 1.32. The number of esters is 1. The number of carbonyl (C=O) groups is 2. The zero-order chi connectivity index (χ0) is 22.3. The van der Waals surface area contributed by atoms with E-state index in [0.717, 1.165) is 5.56 Å². The van der Waals surface area contributed by atoms with Gasteiger partial charge < -0.3 is 13.9 Å². The summed E-state index contributed by atoms with van der Waals surface area (Å²) in [5.74, 6) is 0.437. The van der Waals surface area contributed by atoms with E-state index in [1.807, 2.05) is 30.3 Å². The van der Waals surface area contributed by atoms with Crippen molar-refractivity contribution >= 4 is 17.8 Å². The molecule has 0 saturated heterocycles. The van der Waals surface area contributed by atoms with Gasteiger partial charge in [-0.2, -0.15) is 0 Å². The van der Waals surface area contributed by atoms with Crippen LogP contribution in [0, 0.1) is 0 Å². The molecule has 0 bridgehead atoms. The Morgan fingerprint density at radius 2 is 1.81 bits per heavy atom. The molecule has 4 aromatic rings. The number of anilines is 1. The highest BCUT2D eigenvalue weighted by molar-refractivity contribution is 6.01. The van der Waals surface area contributed by atoms with Gasteiger partial charge in [0.15, 0.2) is 5.76 Å². The van der Waals surface area contributed by atoms with E-state index >= 15 is 0 Å². The van der Waals surface area contributed by atoms with Crippen LogP contribution in [0.15, 0.2) is 77.5 Å². The van der Waals surface area contributed by atoms with Gasteiger partial charge in [-0.05, 0) is 42.0 Å². The molecule has 0 unspecified atom stereocenters. The summed E-state index contributed by atoms with van der Waals surface area (Å²) in [6, 6.07) is 19.5. The third kappa shape index (κ3) is 5.20. The Morgan fingerprint density at radius 1 is 1.03 bits per heavy atom. The van der Waals surface area contributed by atoms with Gasteiger partial charge in [0.25, 0.3) is 5.91 Å². The number of hydrogen-bond donors (Lipinski definition) is 1. The van der Waals surface area contributed by atoms with Gasteiger partial charge in [-0.25, -0.2) is 14.5 Å². The first kappa shape index (κ1) is 20.9. The van der Waals surface area contributed by atoms with E-state index in [0.29, 0.717) is 23.6 Å². The summed E-state index contributed by atoms with van der Waals surface area (Å²) in [5, 5.41) is 6.87. The predicted octanol–water partition coefficient (Wildman–Crippen LogP) is 3.54. The smallest absolute Gasteiger partial charge is 0.337 e. The average molecular weight is 432 g/mol. The lowest BCUT2D eigenvalue weighted by Gasteiger charge is -2.05. The fraction of sp³-hybridized carbons (Fsp3) is 0.130. The molecule has 0 aliphatic carbocycles. The number of amides is 1. The van der Waals surface area contributed by atoms with E-state index < -0.39 is 11.9 Å². The lowest BCUT2D eigenvalue weighted by atomic mass is 10.2. The molecule has 1 amide bonds. The Morgan fingerprint density at radius 3 is 2.56 bits per heavy atom. The molecule has 4 rings (SSSR count). The fourth-order valence-electron chi connectivity index (χ4n) is 2.90. The SMILES string of the molecule is COC(=O)c1ccc(OCc2ccc(C(=O)Nc3ncn(Cc4ccccc4)n3)o2)cc1.